The van der Waals surface area contributed by atoms with Crippen molar-refractivity contribution in [2.24, 2.45) is 11.7 Å². The summed E-state index contributed by atoms with van der Waals surface area (Å²) >= 11 is 0. The molecule has 102 valence electrons. The topological polar surface area (TPSA) is 75.4 Å². The highest BCUT2D eigenvalue weighted by Crippen LogP contribution is 2.19. The molecule has 1 aliphatic rings. The highest BCUT2D eigenvalue weighted by molar-refractivity contribution is 7.87. The minimum absolute atomic E-state index is 0.0987. The molecule has 1 aliphatic heterocycles. The van der Waals surface area contributed by atoms with Crippen molar-refractivity contribution in [2.75, 3.05) is 13.1 Å². The summed E-state index contributed by atoms with van der Waals surface area (Å²) in [5.41, 5.74) is 5.55. The molecule has 1 saturated heterocycles. The molecule has 3 unspecified atom stereocenters. The standard InChI is InChI=1S/C11H25N3O2S/c1-9(8-12)11(3)13-17(15,16)14-7-5-4-6-10(14)2/h9-11,13H,4-8,12H2,1-3H3. The molecule has 0 bridgehead atoms. The van der Waals surface area contributed by atoms with Crippen molar-refractivity contribution in [3.05, 3.63) is 0 Å². The van der Waals surface area contributed by atoms with Gasteiger partial charge in [-0.1, -0.05) is 13.3 Å². The van der Waals surface area contributed by atoms with E-state index in [1.54, 1.807) is 4.31 Å². The van der Waals surface area contributed by atoms with Gasteiger partial charge in [0.05, 0.1) is 0 Å². The van der Waals surface area contributed by atoms with E-state index < -0.39 is 10.2 Å². The second-order valence-electron chi connectivity index (χ2n) is 5.08. The van der Waals surface area contributed by atoms with Gasteiger partial charge in [-0.2, -0.15) is 17.4 Å². The van der Waals surface area contributed by atoms with Gasteiger partial charge in [0.15, 0.2) is 0 Å². The minimum atomic E-state index is -3.36. The molecule has 1 heterocycles. The summed E-state index contributed by atoms with van der Waals surface area (Å²) in [6.07, 6.45) is 3.01. The highest BCUT2D eigenvalue weighted by atomic mass is 32.2. The summed E-state index contributed by atoms with van der Waals surface area (Å²) in [5.74, 6) is 0.143. The van der Waals surface area contributed by atoms with Crippen LogP contribution in [0, 0.1) is 5.92 Å². The summed E-state index contributed by atoms with van der Waals surface area (Å²) < 4.78 is 28.7. The molecule has 5 nitrogen and oxygen atoms in total. The summed E-state index contributed by atoms with van der Waals surface area (Å²) in [6.45, 7) is 6.89. The average molecular weight is 263 g/mol. The van der Waals surface area contributed by atoms with Gasteiger partial charge in [-0.05, 0) is 39.2 Å². The Morgan fingerprint density at radius 2 is 2.06 bits per heavy atom. The molecule has 0 aliphatic carbocycles. The Balaban J connectivity index is 2.67. The zero-order valence-electron chi connectivity index (χ0n) is 11.0. The van der Waals surface area contributed by atoms with Crippen molar-refractivity contribution in [1.82, 2.24) is 9.03 Å². The van der Waals surface area contributed by atoms with Crippen LogP contribution in [0.1, 0.15) is 40.0 Å². The number of hydrogen-bond donors (Lipinski definition) is 2. The Labute approximate surface area is 105 Å². The number of nitrogens with zero attached hydrogens (tertiary/aromatic N) is 1. The molecule has 0 amide bonds. The van der Waals surface area contributed by atoms with Gasteiger partial charge in [0.1, 0.15) is 0 Å². The molecule has 0 aromatic heterocycles. The van der Waals surface area contributed by atoms with Crippen LogP contribution in [-0.2, 0) is 10.2 Å². The largest absolute Gasteiger partial charge is 0.330 e. The van der Waals surface area contributed by atoms with Crippen LogP contribution in [0.4, 0.5) is 0 Å². The third kappa shape index (κ3) is 3.91. The second kappa shape index (κ2) is 6.13. The van der Waals surface area contributed by atoms with Crippen LogP contribution in [0.2, 0.25) is 0 Å². The third-order valence-electron chi connectivity index (χ3n) is 3.61. The zero-order chi connectivity index (χ0) is 13.1. The molecular formula is C11H25N3O2S. The van der Waals surface area contributed by atoms with Gasteiger partial charge in [0, 0.05) is 18.6 Å². The van der Waals surface area contributed by atoms with Crippen LogP contribution >= 0.6 is 0 Å². The van der Waals surface area contributed by atoms with Gasteiger partial charge >= 0.3 is 0 Å². The Kier molecular flexibility index (Phi) is 5.37. The van der Waals surface area contributed by atoms with Gasteiger partial charge in [0.25, 0.3) is 10.2 Å². The number of nitrogens with two attached hydrogens (primary N) is 1. The van der Waals surface area contributed by atoms with Crippen LogP contribution < -0.4 is 10.5 Å². The molecule has 0 aromatic carbocycles. The van der Waals surface area contributed by atoms with Gasteiger partial charge < -0.3 is 5.73 Å². The molecule has 17 heavy (non-hydrogen) atoms. The zero-order valence-corrected chi connectivity index (χ0v) is 11.8. The predicted molar refractivity (Wildman–Crippen MR) is 69.8 cm³/mol. The van der Waals surface area contributed by atoms with Crippen LogP contribution in [0.3, 0.4) is 0 Å². The number of hydrogen-bond acceptors (Lipinski definition) is 3. The highest BCUT2D eigenvalue weighted by Gasteiger charge is 2.31. The van der Waals surface area contributed by atoms with E-state index >= 15 is 0 Å². The Hall–Kier alpha value is -0.170. The first-order chi connectivity index (χ1) is 7.88. The van der Waals surface area contributed by atoms with Gasteiger partial charge in [-0.3, -0.25) is 0 Å². The Bertz CT molecular complexity index is 332. The van der Waals surface area contributed by atoms with Crippen molar-refractivity contribution >= 4 is 10.2 Å². The van der Waals surface area contributed by atoms with Crippen molar-refractivity contribution < 1.29 is 8.42 Å². The SMILES string of the molecule is CC(CN)C(C)NS(=O)(=O)N1CCCCC1C. The maximum Gasteiger partial charge on any atom is 0.279 e. The summed E-state index contributed by atoms with van der Waals surface area (Å²) in [5, 5.41) is 0. The van der Waals surface area contributed by atoms with E-state index in [1.807, 2.05) is 20.8 Å². The van der Waals surface area contributed by atoms with E-state index in [0.717, 1.165) is 19.3 Å². The van der Waals surface area contributed by atoms with Gasteiger partial charge in [-0.25, -0.2) is 0 Å². The number of rotatable bonds is 5. The van der Waals surface area contributed by atoms with E-state index in [-0.39, 0.29) is 18.0 Å². The molecule has 0 spiro atoms. The van der Waals surface area contributed by atoms with E-state index in [0.29, 0.717) is 13.1 Å². The van der Waals surface area contributed by atoms with Crippen molar-refractivity contribution in [3.8, 4) is 0 Å². The molecule has 1 rings (SSSR count). The van der Waals surface area contributed by atoms with Crippen molar-refractivity contribution in [2.45, 2.75) is 52.1 Å². The fourth-order valence-electron chi connectivity index (χ4n) is 2.05. The molecule has 1 fully saturated rings. The first-order valence-corrected chi connectivity index (χ1v) is 7.81. The van der Waals surface area contributed by atoms with Crippen LogP contribution in [-0.4, -0.2) is 37.9 Å². The number of piperidine rings is 1. The molecular weight excluding hydrogens is 238 g/mol. The summed E-state index contributed by atoms with van der Waals surface area (Å²) in [4.78, 5) is 0. The molecule has 0 radical (unpaired) electrons. The Morgan fingerprint density at radius 3 is 2.59 bits per heavy atom. The van der Waals surface area contributed by atoms with Crippen LogP contribution in [0.5, 0.6) is 0 Å². The van der Waals surface area contributed by atoms with E-state index in [4.69, 9.17) is 5.73 Å². The van der Waals surface area contributed by atoms with Gasteiger partial charge in [0.2, 0.25) is 0 Å². The maximum atomic E-state index is 12.2. The molecule has 0 aromatic rings. The summed E-state index contributed by atoms with van der Waals surface area (Å²) in [6, 6.07) is -0.0271. The smallest absolute Gasteiger partial charge is 0.279 e. The van der Waals surface area contributed by atoms with Crippen LogP contribution in [0.15, 0.2) is 0 Å². The lowest BCUT2D eigenvalue weighted by Gasteiger charge is -2.33. The van der Waals surface area contributed by atoms with Crippen LogP contribution in [0.25, 0.3) is 0 Å². The summed E-state index contributed by atoms with van der Waals surface area (Å²) in [7, 11) is -3.36. The van der Waals surface area contributed by atoms with E-state index in [2.05, 4.69) is 4.72 Å². The average Bonchev–Trinajstić information content (AvgIpc) is 2.27. The van der Waals surface area contributed by atoms with E-state index in [9.17, 15) is 8.42 Å². The normalized spacial score (nSPS) is 26.7. The monoisotopic (exact) mass is 263 g/mol. The quantitative estimate of drug-likeness (QED) is 0.766. The molecule has 0 saturated carbocycles. The molecule has 6 heteroatoms. The first kappa shape index (κ1) is 14.9. The minimum Gasteiger partial charge on any atom is -0.330 e. The van der Waals surface area contributed by atoms with E-state index in [1.165, 1.54) is 0 Å². The number of nitrogens with one attached hydrogen (secondary N) is 1. The molecule has 3 N–H and O–H groups in total. The lowest BCUT2D eigenvalue weighted by Crippen LogP contribution is -2.51. The lowest BCUT2D eigenvalue weighted by atomic mass is 10.1. The first-order valence-electron chi connectivity index (χ1n) is 6.37. The van der Waals surface area contributed by atoms with Crippen molar-refractivity contribution in [1.29, 1.82) is 0 Å². The lowest BCUT2D eigenvalue weighted by molar-refractivity contribution is 0.262. The predicted octanol–water partition coefficient (Wildman–Crippen LogP) is 0.679. The maximum absolute atomic E-state index is 12.2. The Morgan fingerprint density at radius 1 is 1.41 bits per heavy atom. The van der Waals surface area contributed by atoms with Crippen molar-refractivity contribution in [3.63, 3.8) is 0 Å². The second-order valence-corrected chi connectivity index (χ2v) is 6.73. The fourth-order valence-corrected chi connectivity index (χ4v) is 3.84. The van der Waals surface area contributed by atoms with Gasteiger partial charge in [-0.15, -0.1) is 0 Å². The fraction of sp³-hybridized carbons (Fsp3) is 1.00. The third-order valence-corrected chi connectivity index (χ3v) is 5.44. The molecule has 3 atom stereocenters.